The number of rotatable bonds is 5. The summed E-state index contributed by atoms with van der Waals surface area (Å²) < 4.78 is 5.37. The van der Waals surface area contributed by atoms with Gasteiger partial charge in [0.15, 0.2) is 0 Å². The molecule has 0 unspecified atom stereocenters. The van der Waals surface area contributed by atoms with E-state index < -0.39 is 0 Å². The van der Waals surface area contributed by atoms with Crippen LogP contribution in [-0.4, -0.2) is 47.3 Å². The van der Waals surface area contributed by atoms with Gasteiger partial charge in [-0.25, -0.2) is 4.79 Å². The van der Waals surface area contributed by atoms with Crippen molar-refractivity contribution in [1.29, 1.82) is 0 Å². The number of piperazine rings is 1. The van der Waals surface area contributed by atoms with Crippen molar-refractivity contribution in [1.82, 2.24) is 15.0 Å². The molecular weight excluding hydrogens is 390 g/mol. The summed E-state index contributed by atoms with van der Waals surface area (Å²) >= 11 is 0. The molecule has 0 radical (unpaired) electrons. The molecule has 0 spiro atoms. The molecule has 3 aromatic rings. The molecule has 7 nitrogen and oxygen atoms in total. The number of benzene rings is 2. The Balaban J connectivity index is 1.17. The van der Waals surface area contributed by atoms with Gasteiger partial charge in [-0.05, 0) is 55.2 Å². The molecule has 2 aliphatic rings. The van der Waals surface area contributed by atoms with E-state index in [1.807, 2.05) is 35.2 Å². The van der Waals surface area contributed by atoms with Crippen molar-refractivity contribution in [3.63, 3.8) is 0 Å². The van der Waals surface area contributed by atoms with Crippen LogP contribution in [0.25, 0.3) is 11.4 Å². The van der Waals surface area contributed by atoms with Crippen molar-refractivity contribution in [2.24, 2.45) is 0 Å². The maximum absolute atomic E-state index is 12.7. The predicted octanol–water partition coefficient (Wildman–Crippen LogP) is 4.53. The molecule has 5 rings (SSSR count). The number of nitrogens with one attached hydrogen (secondary N) is 1. The Morgan fingerprint density at radius 1 is 1.06 bits per heavy atom. The molecule has 0 atom stereocenters. The third-order valence-electron chi connectivity index (χ3n) is 6.07. The van der Waals surface area contributed by atoms with Crippen LogP contribution in [0.3, 0.4) is 0 Å². The first-order chi connectivity index (χ1) is 15.2. The lowest BCUT2D eigenvalue weighted by molar-refractivity contribution is 0.208. The number of amides is 2. The molecule has 1 N–H and O–H groups in total. The topological polar surface area (TPSA) is 74.5 Å². The van der Waals surface area contributed by atoms with Gasteiger partial charge in [0.25, 0.3) is 0 Å². The van der Waals surface area contributed by atoms with Crippen LogP contribution in [0.15, 0.2) is 53.1 Å². The quantitative estimate of drug-likeness (QED) is 0.660. The van der Waals surface area contributed by atoms with Gasteiger partial charge < -0.3 is 19.6 Å². The standard InChI is InChI=1S/C24H27N5O2/c1-2-17-5-3-4-6-21(17)25-24(30)29-15-13-28(14-16-29)20-11-9-18(10-12-20)22-26-23(31-27-22)19-7-8-19/h3-6,9-12,19H,2,7-8,13-16H2,1H3,(H,25,30). The van der Waals surface area contributed by atoms with E-state index in [1.54, 1.807) is 0 Å². The number of carbonyl (C=O) groups is 1. The average Bonchev–Trinajstić information content (AvgIpc) is 3.56. The van der Waals surface area contributed by atoms with Crippen molar-refractivity contribution >= 4 is 17.4 Å². The highest BCUT2D eigenvalue weighted by atomic mass is 16.5. The predicted molar refractivity (Wildman–Crippen MR) is 120 cm³/mol. The van der Waals surface area contributed by atoms with Crippen molar-refractivity contribution in [2.75, 3.05) is 36.4 Å². The van der Waals surface area contributed by atoms with Gasteiger partial charge in [-0.3, -0.25) is 0 Å². The van der Waals surface area contributed by atoms with Crippen LogP contribution in [0.4, 0.5) is 16.2 Å². The normalized spacial score (nSPS) is 16.4. The highest BCUT2D eigenvalue weighted by Crippen LogP contribution is 2.39. The Morgan fingerprint density at radius 2 is 1.81 bits per heavy atom. The second-order valence-electron chi connectivity index (χ2n) is 8.19. The van der Waals surface area contributed by atoms with E-state index in [0.717, 1.165) is 60.7 Å². The van der Waals surface area contributed by atoms with Crippen LogP contribution in [0.5, 0.6) is 0 Å². The maximum Gasteiger partial charge on any atom is 0.321 e. The van der Waals surface area contributed by atoms with Gasteiger partial charge in [0.05, 0.1) is 0 Å². The molecule has 2 amide bonds. The molecule has 1 aliphatic carbocycles. The first kappa shape index (κ1) is 19.6. The Labute approximate surface area is 182 Å². The lowest BCUT2D eigenvalue weighted by Crippen LogP contribution is -2.50. The maximum atomic E-state index is 12.7. The zero-order valence-corrected chi connectivity index (χ0v) is 17.8. The van der Waals surface area contributed by atoms with Crippen LogP contribution in [0.2, 0.25) is 0 Å². The Bertz CT molecular complexity index is 1050. The van der Waals surface area contributed by atoms with E-state index in [4.69, 9.17) is 4.52 Å². The molecule has 1 aromatic heterocycles. The summed E-state index contributed by atoms with van der Waals surface area (Å²) in [6, 6.07) is 16.2. The van der Waals surface area contributed by atoms with Gasteiger partial charge in [-0.15, -0.1) is 0 Å². The van der Waals surface area contributed by atoms with E-state index >= 15 is 0 Å². The first-order valence-corrected chi connectivity index (χ1v) is 11.0. The second kappa shape index (κ2) is 8.41. The van der Waals surface area contributed by atoms with Crippen LogP contribution in [-0.2, 0) is 6.42 Å². The minimum Gasteiger partial charge on any atom is -0.368 e. The van der Waals surface area contributed by atoms with Gasteiger partial charge in [-0.1, -0.05) is 30.3 Å². The van der Waals surface area contributed by atoms with Crippen LogP contribution in [0, 0.1) is 0 Å². The summed E-state index contributed by atoms with van der Waals surface area (Å²) in [6.45, 7) is 5.08. The fraction of sp³-hybridized carbons (Fsp3) is 0.375. The van der Waals surface area contributed by atoms with E-state index in [0.29, 0.717) is 24.8 Å². The molecule has 0 bridgehead atoms. The minimum atomic E-state index is -0.0283. The summed E-state index contributed by atoms with van der Waals surface area (Å²) in [5, 5.41) is 7.19. The molecule has 2 aromatic carbocycles. The molecule has 1 aliphatic heterocycles. The van der Waals surface area contributed by atoms with Gasteiger partial charge in [-0.2, -0.15) is 4.98 Å². The zero-order chi connectivity index (χ0) is 21.2. The van der Waals surface area contributed by atoms with Gasteiger partial charge >= 0.3 is 6.03 Å². The lowest BCUT2D eigenvalue weighted by atomic mass is 10.1. The van der Waals surface area contributed by atoms with E-state index in [-0.39, 0.29) is 6.03 Å². The third-order valence-corrected chi connectivity index (χ3v) is 6.07. The van der Waals surface area contributed by atoms with Gasteiger partial charge in [0.1, 0.15) is 0 Å². The summed E-state index contributed by atoms with van der Waals surface area (Å²) in [5.41, 5.74) is 4.16. The average molecular weight is 418 g/mol. The summed E-state index contributed by atoms with van der Waals surface area (Å²) in [5.74, 6) is 1.88. The third kappa shape index (κ3) is 4.26. The monoisotopic (exact) mass is 417 g/mol. The van der Waals surface area contributed by atoms with E-state index in [1.165, 1.54) is 0 Å². The summed E-state index contributed by atoms with van der Waals surface area (Å²) in [4.78, 5) is 21.4. The number of anilines is 2. The lowest BCUT2D eigenvalue weighted by Gasteiger charge is -2.36. The fourth-order valence-corrected chi connectivity index (χ4v) is 3.98. The number of hydrogen-bond acceptors (Lipinski definition) is 5. The molecule has 160 valence electrons. The number of carbonyl (C=O) groups excluding carboxylic acids is 1. The Morgan fingerprint density at radius 3 is 2.52 bits per heavy atom. The van der Waals surface area contributed by atoms with Crippen molar-refractivity contribution in [2.45, 2.75) is 32.1 Å². The molecular formula is C24H27N5O2. The van der Waals surface area contributed by atoms with E-state index in [2.05, 4.69) is 45.5 Å². The molecule has 1 saturated carbocycles. The number of nitrogens with zero attached hydrogens (tertiary/aromatic N) is 4. The van der Waals surface area contributed by atoms with Crippen molar-refractivity contribution in [3.8, 4) is 11.4 Å². The van der Waals surface area contributed by atoms with Crippen LogP contribution >= 0.6 is 0 Å². The van der Waals surface area contributed by atoms with Crippen LogP contribution in [0.1, 0.15) is 37.1 Å². The number of urea groups is 1. The SMILES string of the molecule is CCc1ccccc1NC(=O)N1CCN(c2ccc(-c3noc(C4CC4)n3)cc2)CC1. The Hall–Kier alpha value is -3.35. The number of hydrogen-bond donors (Lipinski definition) is 1. The van der Waals surface area contributed by atoms with Gasteiger partial charge in [0, 0.05) is 49.0 Å². The fourth-order valence-electron chi connectivity index (χ4n) is 3.98. The zero-order valence-electron chi connectivity index (χ0n) is 17.8. The smallest absolute Gasteiger partial charge is 0.321 e. The summed E-state index contributed by atoms with van der Waals surface area (Å²) in [6.07, 6.45) is 3.19. The molecule has 1 saturated heterocycles. The molecule has 7 heteroatoms. The van der Waals surface area contributed by atoms with Gasteiger partial charge in [0.2, 0.25) is 11.7 Å². The largest absolute Gasteiger partial charge is 0.368 e. The second-order valence-corrected chi connectivity index (χ2v) is 8.19. The Kier molecular flexibility index (Phi) is 5.32. The molecule has 2 fully saturated rings. The number of aryl methyl sites for hydroxylation is 1. The van der Waals surface area contributed by atoms with Crippen molar-refractivity contribution in [3.05, 3.63) is 60.0 Å². The minimum absolute atomic E-state index is 0.0283. The first-order valence-electron chi connectivity index (χ1n) is 11.0. The molecule has 2 heterocycles. The number of para-hydroxylation sites is 1. The highest BCUT2D eigenvalue weighted by molar-refractivity contribution is 5.90. The summed E-state index contributed by atoms with van der Waals surface area (Å²) in [7, 11) is 0. The van der Waals surface area contributed by atoms with Crippen LogP contribution < -0.4 is 10.2 Å². The number of aromatic nitrogens is 2. The van der Waals surface area contributed by atoms with E-state index in [9.17, 15) is 4.79 Å². The highest BCUT2D eigenvalue weighted by Gasteiger charge is 2.29. The molecule has 31 heavy (non-hydrogen) atoms. The van der Waals surface area contributed by atoms with Crippen molar-refractivity contribution < 1.29 is 9.32 Å².